The number of phenolic OH excluding ortho intramolecular Hbond substituents is 1. The van der Waals surface area contributed by atoms with Crippen molar-refractivity contribution < 1.29 is 9.90 Å². The van der Waals surface area contributed by atoms with Crippen LogP contribution in [0.25, 0.3) is 11.3 Å². The maximum Gasteiger partial charge on any atom is 0.217 e. The summed E-state index contributed by atoms with van der Waals surface area (Å²) >= 11 is 12.3. The lowest BCUT2D eigenvalue weighted by Gasteiger charge is -2.07. The van der Waals surface area contributed by atoms with Crippen molar-refractivity contribution in [2.75, 3.05) is 0 Å². The molecule has 3 rings (SSSR count). The molecule has 5 nitrogen and oxygen atoms in total. The highest BCUT2D eigenvalue weighted by Gasteiger charge is 2.13. The summed E-state index contributed by atoms with van der Waals surface area (Å²) in [6, 6.07) is 12.3. The molecule has 0 saturated carbocycles. The highest BCUT2D eigenvalue weighted by Crippen LogP contribution is 2.30. The molecule has 1 amide bonds. The fraction of sp³-hybridized carbons (Fsp3) is 0.190. The standard InChI is InChI=1S/C21H20Cl2N3O2/c22-15-6-9-17(18(23)12-15)19-13-26(11-1-2-20(24)28)21(25-19)10-5-14-3-7-16(27)8-4-14/h3-4,6-10,12-13,27H,1-2,5,11H2,(H2,24,28). The van der Waals surface area contributed by atoms with Crippen molar-refractivity contribution >= 4 is 29.1 Å². The van der Waals surface area contributed by atoms with Gasteiger partial charge in [-0.3, -0.25) is 4.79 Å². The molecule has 0 unspecified atom stereocenters. The molecule has 0 fully saturated rings. The molecule has 0 bridgehead atoms. The van der Waals surface area contributed by atoms with Crippen LogP contribution in [0.5, 0.6) is 5.75 Å². The van der Waals surface area contributed by atoms with Crippen molar-refractivity contribution in [1.82, 2.24) is 9.55 Å². The zero-order valence-electron chi connectivity index (χ0n) is 15.1. The molecule has 0 spiro atoms. The molecular formula is C21H20Cl2N3O2. The first kappa shape index (κ1) is 20.2. The van der Waals surface area contributed by atoms with Crippen LogP contribution in [0.1, 0.15) is 24.2 Å². The Balaban J connectivity index is 1.83. The highest BCUT2D eigenvalue weighted by atomic mass is 35.5. The van der Waals surface area contributed by atoms with E-state index in [2.05, 4.69) is 0 Å². The predicted molar refractivity (Wildman–Crippen MR) is 111 cm³/mol. The average molecular weight is 417 g/mol. The fourth-order valence-electron chi connectivity index (χ4n) is 2.86. The van der Waals surface area contributed by atoms with Gasteiger partial charge in [0.05, 0.1) is 10.7 Å². The van der Waals surface area contributed by atoms with E-state index >= 15 is 0 Å². The van der Waals surface area contributed by atoms with Crippen LogP contribution in [-0.2, 0) is 17.8 Å². The Bertz CT molecular complexity index is 968. The van der Waals surface area contributed by atoms with Crippen molar-refractivity contribution in [3.8, 4) is 17.0 Å². The van der Waals surface area contributed by atoms with Crippen molar-refractivity contribution in [2.24, 2.45) is 5.73 Å². The number of aromatic hydroxyl groups is 1. The van der Waals surface area contributed by atoms with Crippen LogP contribution in [0.2, 0.25) is 10.0 Å². The number of carbonyl (C=O) groups is 1. The Morgan fingerprint density at radius 3 is 2.61 bits per heavy atom. The highest BCUT2D eigenvalue weighted by molar-refractivity contribution is 6.36. The van der Waals surface area contributed by atoms with Crippen molar-refractivity contribution in [3.63, 3.8) is 0 Å². The van der Waals surface area contributed by atoms with Crippen LogP contribution in [-0.4, -0.2) is 20.6 Å². The number of hydrogen-bond donors (Lipinski definition) is 2. The molecule has 145 valence electrons. The predicted octanol–water partition coefficient (Wildman–Crippen LogP) is 4.62. The maximum absolute atomic E-state index is 11.1. The molecule has 1 aromatic heterocycles. The van der Waals surface area contributed by atoms with Crippen molar-refractivity contribution in [2.45, 2.75) is 25.8 Å². The van der Waals surface area contributed by atoms with Gasteiger partial charge in [-0.15, -0.1) is 0 Å². The minimum absolute atomic E-state index is 0.233. The van der Waals surface area contributed by atoms with Crippen LogP contribution in [0.15, 0.2) is 48.7 Å². The Hall–Kier alpha value is -2.50. The smallest absolute Gasteiger partial charge is 0.217 e. The lowest BCUT2D eigenvalue weighted by atomic mass is 10.1. The first-order chi connectivity index (χ1) is 13.4. The van der Waals surface area contributed by atoms with E-state index in [0.717, 1.165) is 22.6 Å². The summed E-state index contributed by atoms with van der Waals surface area (Å²) in [6.45, 7) is 0.614. The van der Waals surface area contributed by atoms with E-state index in [1.807, 2.05) is 35.4 Å². The topological polar surface area (TPSA) is 81.1 Å². The average Bonchev–Trinajstić information content (AvgIpc) is 3.03. The molecule has 2 aromatic carbocycles. The monoisotopic (exact) mass is 416 g/mol. The SMILES string of the molecule is NC(=O)CCCn1cc(-c2ccc(Cl)cc2Cl)nc1[CH]Cc1ccc(O)cc1. The number of nitrogens with zero attached hydrogens (tertiary/aromatic N) is 2. The molecule has 0 aliphatic rings. The molecule has 0 aliphatic carbocycles. The van der Waals surface area contributed by atoms with Gasteiger partial charge in [0.1, 0.15) is 11.6 Å². The summed E-state index contributed by atoms with van der Waals surface area (Å²) in [7, 11) is 0. The Kier molecular flexibility index (Phi) is 6.60. The summed E-state index contributed by atoms with van der Waals surface area (Å²) in [5.41, 5.74) is 7.83. The molecule has 0 aliphatic heterocycles. The second-order valence-corrected chi connectivity index (χ2v) is 7.29. The zero-order valence-corrected chi connectivity index (χ0v) is 16.6. The molecule has 0 atom stereocenters. The molecule has 1 heterocycles. The number of nitrogens with two attached hydrogens (primary N) is 1. The van der Waals surface area contributed by atoms with Crippen molar-refractivity contribution in [3.05, 3.63) is 76.5 Å². The number of halogens is 2. The molecule has 3 N–H and O–H groups in total. The third kappa shape index (κ3) is 5.27. The number of imidazole rings is 1. The number of amides is 1. The van der Waals surface area contributed by atoms with Crippen LogP contribution in [0.3, 0.4) is 0 Å². The number of benzene rings is 2. The Morgan fingerprint density at radius 1 is 1.18 bits per heavy atom. The maximum atomic E-state index is 11.1. The van der Waals surface area contributed by atoms with E-state index in [9.17, 15) is 9.90 Å². The quantitative estimate of drug-likeness (QED) is 0.561. The van der Waals surface area contributed by atoms with E-state index in [1.165, 1.54) is 0 Å². The van der Waals surface area contributed by atoms with Gasteiger partial charge in [0.2, 0.25) is 5.91 Å². The molecule has 7 heteroatoms. The number of carbonyl (C=O) groups excluding carboxylic acids is 1. The van der Waals surface area contributed by atoms with E-state index in [0.29, 0.717) is 35.9 Å². The van der Waals surface area contributed by atoms with Gasteiger partial charge in [-0.25, -0.2) is 4.98 Å². The summed E-state index contributed by atoms with van der Waals surface area (Å²) in [5.74, 6) is 0.686. The van der Waals surface area contributed by atoms with Gasteiger partial charge in [0.15, 0.2) is 0 Å². The minimum Gasteiger partial charge on any atom is -0.508 e. The van der Waals surface area contributed by atoms with Gasteiger partial charge < -0.3 is 15.4 Å². The number of aryl methyl sites for hydroxylation is 1. The Morgan fingerprint density at radius 2 is 1.93 bits per heavy atom. The van der Waals surface area contributed by atoms with Gasteiger partial charge in [0.25, 0.3) is 0 Å². The largest absolute Gasteiger partial charge is 0.508 e. The van der Waals surface area contributed by atoms with E-state index in [4.69, 9.17) is 33.9 Å². The number of aromatic nitrogens is 2. The second kappa shape index (κ2) is 9.13. The van der Waals surface area contributed by atoms with Gasteiger partial charge in [0, 0.05) is 36.2 Å². The summed E-state index contributed by atoms with van der Waals surface area (Å²) in [4.78, 5) is 15.8. The third-order valence-electron chi connectivity index (χ3n) is 4.29. The van der Waals surface area contributed by atoms with Crippen LogP contribution >= 0.6 is 23.2 Å². The first-order valence-electron chi connectivity index (χ1n) is 8.84. The number of phenols is 1. The summed E-state index contributed by atoms with van der Waals surface area (Å²) < 4.78 is 1.99. The first-order valence-corrected chi connectivity index (χ1v) is 9.60. The van der Waals surface area contributed by atoms with Crippen LogP contribution in [0.4, 0.5) is 0 Å². The van der Waals surface area contributed by atoms with Gasteiger partial charge >= 0.3 is 0 Å². The van der Waals surface area contributed by atoms with E-state index < -0.39 is 0 Å². The lowest BCUT2D eigenvalue weighted by molar-refractivity contribution is -0.118. The molecular weight excluding hydrogens is 397 g/mol. The van der Waals surface area contributed by atoms with Gasteiger partial charge in [-0.05, 0) is 48.7 Å². The van der Waals surface area contributed by atoms with Gasteiger partial charge in [-0.1, -0.05) is 35.3 Å². The van der Waals surface area contributed by atoms with Gasteiger partial charge in [-0.2, -0.15) is 0 Å². The molecule has 28 heavy (non-hydrogen) atoms. The number of primary amides is 1. The van der Waals surface area contributed by atoms with E-state index in [-0.39, 0.29) is 11.7 Å². The second-order valence-electron chi connectivity index (χ2n) is 6.45. The Labute approximate surface area is 173 Å². The van der Waals surface area contributed by atoms with Crippen LogP contribution in [0, 0.1) is 6.42 Å². The van der Waals surface area contributed by atoms with E-state index in [1.54, 1.807) is 24.3 Å². The normalized spacial score (nSPS) is 10.9. The zero-order chi connectivity index (χ0) is 20.1. The molecule has 0 saturated heterocycles. The number of rotatable bonds is 8. The third-order valence-corrected chi connectivity index (χ3v) is 4.84. The molecule has 1 radical (unpaired) electrons. The fourth-order valence-corrected chi connectivity index (χ4v) is 3.37. The summed E-state index contributed by atoms with van der Waals surface area (Å²) in [5, 5.41) is 10.5. The lowest BCUT2D eigenvalue weighted by Crippen LogP contribution is -2.12. The minimum atomic E-state index is -0.323. The molecule has 3 aromatic rings. The number of hydrogen-bond acceptors (Lipinski definition) is 3. The summed E-state index contributed by atoms with van der Waals surface area (Å²) in [6.07, 6.45) is 5.51. The van der Waals surface area contributed by atoms with Crippen LogP contribution < -0.4 is 5.73 Å². The van der Waals surface area contributed by atoms with Crippen molar-refractivity contribution in [1.29, 1.82) is 0 Å².